The minimum absolute atomic E-state index is 0.0751. The highest BCUT2D eigenvalue weighted by molar-refractivity contribution is 7.98. The number of fused-ring (bicyclic) bond motifs is 5. The number of hydrogen-bond donors (Lipinski definition) is 1. The fourth-order valence-corrected chi connectivity index (χ4v) is 12.2. The molecule has 2 bridgehead atoms. The Kier molecular flexibility index (Phi) is 10.6. The van der Waals surface area contributed by atoms with Gasteiger partial charge < -0.3 is 18.9 Å². The zero-order valence-electron chi connectivity index (χ0n) is 32.0. The second kappa shape index (κ2) is 14.9. The first-order chi connectivity index (χ1) is 25.5. The molecule has 10 heteroatoms. The maximum atomic E-state index is 13.8. The number of allylic oxidation sites excluding steroid dienone is 1. The number of piperidine rings is 1. The van der Waals surface area contributed by atoms with E-state index in [0.29, 0.717) is 30.0 Å². The third-order valence-electron chi connectivity index (χ3n) is 14.1. The molecule has 8 rings (SSSR count). The van der Waals surface area contributed by atoms with E-state index in [-0.39, 0.29) is 16.6 Å². The molecule has 53 heavy (non-hydrogen) atoms. The van der Waals surface area contributed by atoms with Crippen LogP contribution in [-0.2, 0) is 26.3 Å². The zero-order chi connectivity index (χ0) is 37.0. The lowest BCUT2D eigenvalue weighted by Crippen LogP contribution is -2.61. The Labute approximate surface area is 322 Å². The van der Waals surface area contributed by atoms with E-state index in [4.69, 9.17) is 21.1 Å². The van der Waals surface area contributed by atoms with Gasteiger partial charge in [0.25, 0.3) is 5.91 Å². The van der Waals surface area contributed by atoms with E-state index in [1.165, 1.54) is 36.9 Å². The van der Waals surface area contributed by atoms with E-state index in [2.05, 4.69) is 56.1 Å². The first kappa shape index (κ1) is 37.5. The lowest BCUT2D eigenvalue weighted by atomic mass is 9.63. The molecule has 0 radical (unpaired) electrons. The van der Waals surface area contributed by atoms with E-state index in [1.54, 1.807) is 6.07 Å². The first-order valence-electron chi connectivity index (χ1n) is 20.1. The van der Waals surface area contributed by atoms with Crippen molar-refractivity contribution in [2.45, 2.75) is 93.9 Å². The third kappa shape index (κ3) is 7.24. The number of carbonyl (C=O) groups excluding carboxylic acids is 1. The van der Waals surface area contributed by atoms with Crippen LogP contribution < -0.4 is 9.64 Å². The van der Waals surface area contributed by atoms with Gasteiger partial charge in [0.1, 0.15) is 11.4 Å². The van der Waals surface area contributed by atoms with Gasteiger partial charge in [0.05, 0.1) is 12.3 Å². The minimum atomic E-state index is -2.82. The molecule has 4 heterocycles. The quantitative estimate of drug-likeness (QED) is 0.253. The van der Waals surface area contributed by atoms with Crippen LogP contribution in [0.15, 0.2) is 52.9 Å². The number of amides is 1. The summed E-state index contributed by atoms with van der Waals surface area (Å²) in [5, 5.41) is 0.509. The van der Waals surface area contributed by atoms with Crippen LogP contribution in [0.3, 0.4) is 0 Å². The monoisotopic (exact) mass is 762 g/mol. The average molecular weight is 763 g/mol. The summed E-state index contributed by atoms with van der Waals surface area (Å²) in [4.78, 5) is 21.7. The molecule has 2 aromatic carbocycles. The fraction of sp³-hybridized carbons (Fsp3) is 0.628. The van der Waals surface area contributed by atoms with E-state index in [1.807, 2.05) is 32.2 Å². The molecule has 8 unspecified atom stereocenters. The van der Waals surface area contributed by atoms with E-state index in [0.717, 1.165) is 94.3 Å². The summed E-state index contributed by atoms with van der Waals surface area (Å²) in [6.07, 6.45) is 14.7. The molecule has 2 aromatic rings. The Morgan fingerprint density at radius 1 is 1.08 bits per heavy atom. The van der Waals surface area contributed by atoms with Crippen LogP contribution in [0.4, 0.5) is 5.69 Å². The van der Waals surface area contributed by atoms with Gasteiger partial charge >= 0.3 is 0 Å². The largest absolute Gasteiger partial charge is 0.490 e. The number of rotatable bonds is 3. The van der Waals surface area contributed by atoms with Crippen molar-refractivity contribution in [1.82, 2.24) is 9.80 Å². The molecule has 8 nitrogen and oxygen atoms in total. The molecule has 1 amide bonds. The maximum absolute atomic E-state index is 13.8. The van der Waals surface area contributed by atoms with Crippen molar-refractivity contribution in [1.29, 1.82) is 0 Å². The first-order valence-corrected chi connectivity index (χ1v) is 22.3. The molecule has 4 aliphatic heterocycles. The molecule has 0 aromatic heterocycles. The number of hydrogen-bond acceptors (Lipinski definition) is 6. The van der Waals surface area contributed by atoms with Crippen molar-refractivity contribution in [2.75, 3.05) is 64.4 Å². The van der Waals surface area contributed by atoms with Crippen LogP contribution in [0.1, 0.15) is 86.7 Å². The van der Waals surface area contributed by atoms with E-state index >= 15 is 0 Å². The van der Waals surface area contributed by atoms with Crippen LogP contribution in [0.2, 0.25) is 5.02 Å². The number of ether oxygens (including phenoxy) is 2. The zero-order valence-corrected chi connectivity index (χ0v) is 33.6. The molecule has 2 saturated heterocycles. The number of nitrogens with zero attached hydrogens (tertiary/aromatic N) is 4. The molecule has 1 saturated carbocycles. The maximum Gasteiger partial charge on any atom is 0.284 e. The molecular formula is C43H59ClN4O4S. The second-order valence-corrected chi connectivity index (χ2v) is 20.0. The third-order valence-corrected chi connectivity index (χ3v) is 16.5. The lowest BCUT2D eigenvalue weighted by molar-refractivity contribution is -0.100. The lowest BCUT2D eigenvalue weighted by Gasteiger charge is -2.53. The van der Waals surface area contributed by atoms with Gasteiger partial charge in [-0.3, -0.25) is 14.6 Å². The van der Waals surface area contributed by atoms with Crippen LogP contribution in [0.25, 0.3) is 0 Å². The van der Waals surface area contributed by atoms with Crippen molar-refractivity contribution >= 4 is 38.8 Å². The van der Waals surface area contributed by atoms with Crippen LogP contribution >= 0.6 is 11.6 Å². The average Bonchev–Trinajstić information content (AvgIpc) is 3.28. The Bertz CT molecular complexity index is 1860. The summed E-state index contributed by atoms with van der Waals surface area (Å²) >= 11 is 6.53. The van der Waals surface area contributed by atoms with E-state index < -0.39 is 21.2 Å². The van der Waals surface area contributed by atoms with Gasteiger partial charge in [0, 0.05) is 73.7 Å². The summed E-state index contributed by atoms with van der Waals surface area (Å²) < 4.78 is 29.6. The molecule has 3 fully saturated rings. The van der Waals surface area contributed by atoms with E-state index in [9.17, 15) is 9.35 Å². The predicted molar refractivity (Wildman–Crippen MR) is 218 cm³/mol. The smallest absolute Gasteiger partial charge is 0.284 e. The minimum Gasteiger partial charge on any atom is -0.490 e. The van der Waals surface area contributed by atoms with Crippen molar-refractivity contribution in [3.63, 3.8) is 0 Å². The Morgan fingerprint density at radius 3 is 2.75 bits per heavy atom. The van der Waals surface area contributed by atoms with Crippen LogP contribution in [0, 0.1) is 17.8 Å². The summed E-state index contributed by atoms with van der Waals surface area (Å²) in [6, 6.07) is 12.7. The molecule has 288 valence electrons. The number of anilines is 1. The van der Waals surface area contributed by atoms with Gasteiger partial charge in [-0.2, -0.15) is 4.36 Å². The van der Waals surface area contributed by atoms with Gasteiger partial charge in [0.2, 0.25) is 0 Å². The van der Waals surface area contributed by atoms with Crippen molar-refractivity contribution in [3.05, 3.63) is 70.3 Å². The Hall–Kier alpha value is -2.40. The predicted octanol–water partition coefficient (Wildman–Crippen LogP) is 7.76. The van der Waals surface area contributed by atoms with Crippen molar-refractivity contribution in [2.24, 2.45) is 22.1 Å². The molecule has 6 aliphatic rings. The summed E-state index contributed by atoms with van der Waals surface area (Å²) in [6.45, 7) is 11.7. The highest BCUT2D eigenvalue weighted by Crippen LogP contribution is 2.49. The standard InChI is InChI=1S/C43H59ClN4O4S/c1-30-9-7-19-43(51-3,28-46-21-22-47-20-6-5-11-36(47)26-46)38-15-12-34(38)25-48-27-42(18-8-10-32-23-35(44)14-16-37(32)42)29-52-40-17-13-33(24-39(40)48)41(49)45-53(4,50)31(30)2/h7,13-14,16-17,19,23-24,30-31,34,36,38H,4-6,8-12,15,18,20-22,25-29H2,1-3H3,(H,45,49,50). The highest BCUT2D eigenvalue weighted by Gasteiger charge is 2.50. The Morgan fingerprint density at radius 2 is 1.94 bits per heavy atom. The second-order valence-electron chi connectivity index (χ2n) is 17.2. The number of piperazine rings is 1. The Balaban J connectivity index is 1.20. The topological polar surface area (TPSA) is 77.8 Å². The normalized spacial score (nSPS) is 36.7. The van der Waals surface area contributed by atoms with Crippen molar-refractivity contribution < 1.29 is 18.8 Å². The summed E-state index contributed by atoms with van der Waals surface area (Å²) in [5.74, 6) is 5.33. The number of halogens is 1. The molecule has 1 N–H and O–H groups in total. The summed E-state index contributed by atoms with van der Waals surface area (Å²) in [5.41, 5.74) is 3.38. The van der Waals surface area contributed by atoms with Gasteiger partial charge in [-0.1, -0.05) is 50.1 Å². The van der Waals surface area contributed by atoms with Crippen LogP contribution in [0.5, 0.6) is 5.75 Å². The highest BCUT2D eigenvalue weighted by atomic mass is 35.5. The molecule has 2 aliphatic carbocycles. The van der Waals surface area contributed by atoms with Gasteiger partial charge in [-0.05, 0) is 133 Å². The summed E-state index contributed by atoms with van der Waals surface area (Å²) in [7, 11) is -0.900. The molecule has 1 spiro atoms. The van der Waals surface area contributed by atoms with Gasteiger partial charge in [0.15, 0.2) is 0 Å². The number of methoxy groups -OCH3 is 1. The van der Waals surface area contributed by atoms with Crippen LogP contribution in [-0.4, -0.2) is 103 Å². The molecular weight excluding hydrogens is 704 g/mol. The number of aryl methyl sites for hydroxylation is 1. The molecule has 8 atom stereocenters. The van der Waals surface area contributed by atoms with Gasteiger partial charge in [-0.15, -0.1) is 0 Å². The van der Waals surface area contributed by atoms with Gasteiger partial charge in [-0.25, -0.2) is 0 Å². The number of benzene rings is 2. The fourth-order valence-electron chi connectivity index (χ4n) is 10.6. The van der Waals surface area contributed by atoms with Crippen molar-refractivity contribution in [3.8, 4) is 5.75 Å². The number of carbonyl (C=O) groups is 1. The SMILES string of the molecule is C=S1(O)=NC(=O)c2ccc3c(c2)N(CC2CCC2C(CN2CCN4CCCCC4C2)(OC)C=CCC(C)C1C)CC1(CCCc2cc(Cl)ccc21)CO3.